The van der Waals surface area contributed by atoms with Crippen molar-refractivity contribution in [3.63, 3.8) is 0 Å². The monoisotopic (exact) mass is 670 g/mol. The fourth-order valence-electron chi connectivity index (χ4n) is 7.78. The Morgan fingerprint density at radius 2 is 1.33 bits per heavy atom. The Morgan fingerprint density at radius 3 is 1.90 bits per heavy atom. The number of aromatic hydroxyl groups is 2. The lowest BCUT2D eigenvalue weighted by Gasteiger charge is -2.61. The molecule has 0 spiro atoms. The molecule has 3 rings (SSSR count). The Labute approximate surface area is 294 Å². The van der Waals surface area contributed by atoms with Gasteiger partial charge in [-0.25, -0.2) is 0 Å². The molecular formula is C43H58O6. The number of hydrogen-bond acceptors (Lipinski definition) is 6. The average Bonchev–Trinajstić information content (AvgIpc) is 3.00. The lowest BCUT2D eigenvalue weighted by Crippen LogP contribution is -2.70. The van der Waals surface area contributed by atoms with Gasteiger partial charge in [-0.15, -0.1) is 0 Å². The number of aliphatic hydroxyl groups is 1. The Hall–Kier alpha value is -3.93. The summed E-state index contributed by atoms with van der Waals surface area (Å²) in [6.07, 6.45) is 14.6. The number of carbonyl (C=O) groups is 3. The van der Waals surface area contributed by atoms with Gasteiger partial charge in [0.2, 0.25) is 0 Å². The molecule has 2 fully saturated rings. The number of phenols is 2. The number of ketones is 3. The van der Waals surface area contributed by atoms with E-state index in [4.69, 9.17) is 0 Å². The number of allylic oxidation sites excluding steroid dienone is 11. The molecule has 0 heterocycles. The number of phenolic OH excluding ortho intramolecular Hbond substituents is 2. The highest BCUT2D eigenvalue weighted by molar-refractivity contribution is 6.41. The van der Waals surface area contributed by atoms with Crippen LogP contribution >= 0.6 is 0 Å². The topological polar surface area (TPSA) is 112 Å². The third kappa shape index (κ3) is 7.95. The number of carbonyl (C=O) groups excluding carboxylic acids is 3. The molecule has 4 atom stereocenters. The quantitative estimate of drug-likeness (QED) is 0.0481. The van der Waals surface area contributed by atoms with E-state index in [0.29, 0.717) is 19.3 Å². The maximum atomic E-state index is 15.4. The summed E-state index contributed by atoms with van der Waals surface area (Å²) in [5, 5.41) is 32.0. The first-order chi connectivity index (χ1) is 22.8. The average molecular weight is 671 g/mol. The maximum Gasteiger partial charge on any atom is 0.184 e. The molecule has 0 radical (unpaired) electrons. The van der Waals surface area contributed by atoms with E-state index in [9.17, 15) is 20.1 Å². The predicted molar refractivity (Wildman–Crippen MR) is 199 cm³/mol. The normalized spacial score (nSPS) is 26.2. The first-order valence-electron chi connectivity index (χ1n) is 17.6. The summed E-state index contributed by atoms with van der Waals surface area (Å²) in [4.78, 5) is 45.6. The van der Waals surface area contributed by atoms with Gasteiger partial charge in [-0.3, -0.25) is 14.4 Å². The van der Waals surface area contributed by atoms with Crippen molar-refractivity contribution in [2.24, 2.45) is 22.2 Å². The van der Waals surface area contributed by atoms with Crippen molar-refractivity contribution in [3.05, 3.63) is 87.6 Å². The van der Waals surface area contributed by atoms with Crippen molar-refractivity contribution in [1.29, 1.82) is 0 Å². The van der Waals surface area contributed by atoms with Crippen LogP contribution in [0.4, 0.5) is 0 Å². The zero-order valence-electron chi connectivity index (χ0n) is 31.4. The second-order valence-corrected chi connectivity index (χ2v) is 15.6. The third-order valence-corrected chi connectivity index (χ3v) is 10.8. The molecule has 2 aliphatic rings. The van der Waals surface area contributed by atoms with Gasteiger partial charge >= 0.3 is 0 Å². The molecule has 1 aromatic carbocycles. The molecule has 2 saturated carbocycles. The summed E-state index contributed by atoms with van der Waals surface area (Å²) >= 11 is 0. The number of benzene rings is 1. The number of aliphatic hydroxyl groups excluding tert-OH is 1. The molecule has 3 N–H and O–H groups in total. The fourth-order valence-corrected chi connectivity index (χ4v) is 7.78. The molecule has 0 saturated heterocycles. The maximum absolute atomic E-state index is 15.4. The zero-order valence-corrected chi connectivity index (χ0v) is 31.4. The molecule has 0 aromatic heterocycles. The van der Waals surface area contributed by atoms with E-state index in [1.54, 1.807) is 0 Å². The predicted octanol–water partition coefficient (Wildman–Crippen LogP) is 10.6. The van der Waals surface area contributed by atoms with Crippen LogP contribution in [0.3, 0.4) is 0 Å². The molecule has 0 amide bonds. The number of rotatable bonds is 13. The largest absolute Gasteiger partial charge is 0.506 e. The van der Waals surface area contributed by atoms with E-state index in [2.05, 4.69) is 45.9 Å². The molecule has 6 heteroatoms. The van der Waals surface area contributed by atoms with Crippen molar-refractivity contribution in [1.82, 2.24) is 0 Å². The second-order valence-electron chi connectivity index (χ2n) is 15.6. The van der Waals surface area contributed by atoms with Gasteiger partial charge in [-0.1, -0.05) is 65.2 Å². The van der Waals surface area contributed by atoms with Gasteiger partial charge in [0.1, 0.15) is 16.7 Å². The number of hydrogen-bond donors (Lipinski definition) is 3. The Balaban J connectivity index is 2.44. The van der Waals surface area contributed by atoms with Crippen LogP contribution in [-0.4, -0.2) is 32.7 Å². The smallest absolute Gasteiger partial charge is 0.184 e. The van der Waals surface area contributed by atoms with Crippen LogP contribution in [0.15, 0.2) is 82.0 Å². The molecule has 266 valence electrons. The van der Waals surface area contributed by atoms with Crippen LogP contribution in [0, 0.1) is 22.2 Å². The van der Waals surface area contributed by atoms with E-state index in [1.807, 2.05) is 53.7 Å². The van der Waals surface area contributed by atoms with Gasteiger partial charge < -0.3 is 15.3 Å². The summed E-state index contributed by atoms with van der Waals surface area (Å²) in [7, 11) is 0. The van der Waals surface area contributed by atoms with Crippen molar-refractivity contribution in [2.75, 3.05) is 0 Å². The van der Waals surface area contributed by atoms with Crippen LogP contribution in [0.1, 0.15) is 126 Å². The van der Waals surface area contributed by atoms with Gasteiger partial charge in [0.05, 0.1) is 5.41 Å². The Kier molecular flexibility index (Phi) is 12.7. The van der Waals surface area contributed by atoms with Gasteiger partial charge in [0, 0.05) is 5.56 Å². The summed E-state index contributed by atoms with van der Waals surface area (Å²) in [5.74, 6) is -3.33. The minimum Gasteiger partial charge on any atom is -0.506 e. The summed E-state index contributed by atoms with van der Waals surface area (Å²) in [6, 6.07) is 3.69. The van der Waals surface area contributed by atoms with Crippen LogP contribution in [0.5, 0.6) is 11.5 Å². The molecular weight excluding hydrogens is 612 g/mol. The van der Waals surface area contributed by atoms with Crippen LogP contribution in [-0.2, 0) is 14.4 Å². The highest BCUT2D eigenvalue weighted by Crippen LogP contribution is 2.67. The SMILES string of the molecule is CC(C)=CCC/C(C)=C\C[C@H]1C[C@@]2(CC=C(C)C)C(=O)C(=C(O)c3ccc(O)c(O)c3)C(=O)[C@](CC=C(C)C)(C2=O)[C@]1(C)CCC=C(C)C. The van der Waals surface area contributed by atoms with Crippen LogP contribution in [0.2, 0.25) is 0 Å². The van der Waals surface area contributed by atoms with E-state index >= 15 is 9.59 Å². The Morgan fingerprint density at radius 1 is 0.755 bits per heavy atom. The van der Waals surface area contributed by atoms with Crippen LogP contribution < -0.4 is 0 Å². The third-order valence-electron chi connectivity index (χ3n) is 10.8. The molecule has 6 nitrogen and oxygen atoms in total. The van der Waals surface area contributed by atoms with Crippen molar-refractivity contribution < 1.29 is 29.7 Å². The Bertz CT molecular complexity index is 1650. The van der Waals surface area contributed by atoms with Gasteiger partial charge in [0.25, 0.3) is 0 Å². The first kappa shape index (κ1) is 39.5. The minimum atomic E-state index is -1.63. The molecule has 0 aliphatic heterocycles. The van der Waals surface area contributed by atoms with E-state index in [1.165, 1.54) is 23.3 Å². The van der Waals surface area contributed by atoms with E-state index in [0.717, 1.165) is 35.6 Å². The summed E-state index contributed by atoms with van der Waals surface area (Å²) < 4.78 is 0. The van der Waals surface area contributed by atoms with Gasteiger partial charge in [0.15, 0.2) is 28.8 Å². The van der Waals surface area contributed by atoms with Crippen molar-refractivity contribution >= 4 is 23.1 Å². The molecule has 49 heavy (non-hydrogen) atoms. The highest BCUT2D eigenvalue weighted by Gasteiger charge is 2.74. The van der Waals surface area contributed by atoms with Gasteiger partial charge in [-0.2, -0.15) is 0 Å². The van der Waals surface area contributed by atoms with Crippen LogP contribution in [0.25, 0.3) is 5.76 Å². The summed E-state index contributed by atoms with van der Waals surface area (Å²) in [5.41, 5.74) is 1.11. The standard InChI is InChI=1S/C43H58O6/c1-27(2)13-11-15-31(9)16-18-33-26-42(23-20-29(5)6)38(47)36(37(46)32-17-19-34(44)35(45)25-32)39(48)43(40(42)49,24-21-30(7)8)41(33,10)22-12-14-28(3)4/h13-14,16-17,19-21,25,33,44-46H,11-12,15,18,22-24,26H2,1-10H3/b31-16-,37-36?/t33-,41+,42-,43+/m0/s1. The highest BCUT2D eigenvalue weighted by atomic mass is 16.3. The number of Topliss-reactive ketones (excluding diaryl/α,β-unsaturated/α-hetero) is 3. The number of fused-ring (bicyclic) bond motifs is 2. The lowest BCUT2D eigenvalue weighted by atomic mass is 9.37. The molecule has 0 unspecified atom stereocenters. The van der Waals surface area contributed by atoms with Crippen molar-refractivity contribution in [2.45, 2.75) is 121 Å². The van der Waals surface area contributed by atoms with Gasteiger partial charge in [-0.05, 0) is 143 Å². The first-order valence-corrected chi connectivity index (χ1v) is 17.6. The molecule has 2 aliphatic carbocycles. The summed E-state index contributed by atoms with van der Waals surface area (Å²) in [6.45, 7) is 20.1. The second kappa shape index (κ2) is 15.7. The van der Waals surface area contributed by atoms with Crippen molar-refractivity contribution in [3.8, 4) is 11.5 Å². The van der Waals surface area contributed by atoms with E-state index < -0.39 is 50.6 Å². The zero-order chi connectivity index (χ0) is 36.9. The molecule has 1 aromatic rings. The fraction of sp³-hybridized carbons (Fsp3) is 0.512. The molecule has 2 bridgehead atoms. The lowest BCUT2D eigenvalue weighted by molar-refractivity contribution is -0.178. The minimum absolute atomic E-state index is 0.0202. The van der Waals surface area contributed by atoms with E-state index in [-0.39, 0.29) is 36.5 Å².